The number of halogens is 9. The SMILES string of the molecule is C[C@@]1(O)COCCN(c2nc(OC[C@@]34CCCN3C[C@H](F)C4)nc3c(F)c(-c4c(CCCO)c(Cl)cc5[nH]ncc45)ncc23)C1.O=C(O)C(F)(F)F.O=C(O)C(F)(F)F. The third-order valence-electron chi connectivity index (χ3n) is 9.73. The molecule has 3 aromatic heterocycles. The quantitative estimate of drug-likeness (QED) is 0.146. The van der Waals surface area contributed by atoms with E-state index in [1.54, 1.807) is 19.2 Å². The number of hydrogen-bond acceptors (Lipinski definition) is 12. The predicted octanol–water partition coefficient (Wildman–Crippen LogP) is 5.09. The summed E-state index contributed by atoms with van der Waals surface area (Å²) in [6.45, 7) is 4.01. The standard InChI is InChI=1S/C31H36ClF2N7O4.2C2HF3O2/c1-30(43)15-40(7-9-44-16-30)28-21-12-35-27(24-19(4-2-8-42)22(32)10-23-20(24)13-36-39-23)25(34)26(21)37-29(38-28)45-17-31-5-3-6-41(31)14-18(33)11-31;2*3-2(4,5)1(6)7/h10,12-13,18,42-43H,2-9,11,14-17H2,1H3,(H,36,39);2*(H,6,7)/t18-,30+,31+;;/m1../s1. The number of ether oxygens (including phenoxy) is 2. The first-order valence-electron chi connectivity index (χ1n) is 17.9. The molecule has 0 bridgehead atoms. The largest absolute Gasteiger partial charge is 0.490 e. The van der Waals surface area contributed by atoms with E-state index in [0.717, 1.165) is 19.4 Å². The summed E-state index contributed by atoms with van der Waals surface area (Å²) < 4.78 is 107. The number of carboxylic acid groups (broad SMARTS) is 2. The number of aliphatic hydroxyl groups is 2. The molecule has 324 valence electrons. The number of aromatic amines is 1. The normalized spacial score (nSPS) is 22.3. The monoisotopic (exact) mass is 871 g/mol. The number of aliphatic hydroxyl groups excluding tert-OH is 1. The highest BCUT2D eigenvalue weighted by Gasteiger charge is 2.49. The van der Waals surface area contributed by atoms with Crippen molar-refractivity contribution < 1.29 is 74.6 Å². The second kappa shape index (κ2) is 17.9. The lowest BCUT2D eigenvalue weighted by Crippen LogP contribution is -2.44. The van der Waals surface area contributed by atoms with E-state index in [0.29, 0.717) is 77.2 Å². The summed E-state index contributed by atoms with van der Waals surface area (Å²) in [5, 5.41) is 43.2. The number of pyridine rings is 1. The van der Waals surface area contributed by atoms with Crippen molar-refractivity contribution in [1.29, 1.82) is 0 Å². The lowest BCUT2D eigenvalue weighted by molar-refractivity contribution is -0.193. The van der Waals surface area contributed by atoms with Crippen molar-refractivity contribution >= 4 is 51.2 Å². The van der Waals surface area contributed by atoms with Gasteiger partial charge >= 0.3 is 30.3 Å². The maximum absolute atomic E-state index is 16.9. The number of carbonyl (C=O) groups is 2. The summed E-state index contributed by atoms with van der Waals surface area (Å²) in [6, 6.07) is 1.69. The summed E-state index contributed by atoms with van der Waals surface area (Å²) in [5.41, 5.74) is 0.112. The van der Waals surface area contributed by atoms with Crippen LogP contribution in [0.15, 0.2) is 18.5 Å². The molecule has 0 radical (unpaired) electrons. The number of aliphatic carboxylic acids is 2. The van der Waals surface area contributed by atoms with Gasteiger partial charge in [0.05, 0.1) is 42.4 Å². The maximum atomic E-state index is 16.9. The number of hydrogen-bond donors (Lipinski definition) is 5. The molecule has 6 heterocycles. The molecule has 4 aromatic rings. The van der Waals surface area contributed by atoms with E-state index in [1.165, 1.54) is 6.20 Å². The first-order chi connectivity index (χ1) is 27.6. The molecule has 0 saturated carbocycles. The van der Waals surface area contributed by atoms with Crippen molar-refractivity contribution in [1.82, 2.24) is 30.0 Å². The predicted molar refractivity (Wildman–Crippen MR) is 192 cm³/mol. The Morgan fingerprint density at radius 1 is 1.08 bits per heavy atom. The van der Waals surface area contributed by atoms with Gasteiger partial charge in [0.1, 0.15) is 35.4 Å². The Morgan fingerprint density at radius 2 is 1.76 bits per heavy atom. The van der Waals surface area contributed by atoms with Crippen LogP contribution in [0.1, 0.15) is 38.2 Å². The Bertz CT molecular complexity index is 2130. The van der Waals surface area contributed by atoms with Gasteiger partial charge in [-0.15, -0.1) is 0 Å². The molecule has 24 heteroatoms. The number of carboxylic acids is 2. The molecule has 5 N–H and O–H groups in total. The summed E-state index contributed by atoms with van der Waals surface area (Å²) in [5.74, 6) is -5.85. The second-order valence-corrected chi connectivity index (χ2v) is 14.7. The van der Waals surface area contributed by atoms with Gasteiger partial charge in [0.25, 0.3) is 0 Å². The minimum absolute atomic E-state index is 0.00916. The molecule has 0 spiro atoms. The van der Waals surface area contributed by atoms with Gasteiger partial charge in [-0.1, -0.05) is 11.6 Å². The topological polar surface area (TPSA) is 207 Å². The number of nitrogens with zero attached hydrogens (tertiary/aromatic N) is 6. The zero-order chi connectivity index (χ0) is 43.5. The van der Waals surface area contributed by atoms with Gasteiger partial charge < -0.3 is 34.8 Å². The van der Waals surface area contributed by atoms with Gasteiger partial charge in [-0.25, -0.2) is 18.4 Å². The number of nitrogens with one attached hydrogen (secondary N) is 1. The molecule has 59 heavy (non-hydrogen) atoms. The third-order valence-corrected chi connectivity index (χ3v) is 10.1. The van der Waals surface area contributed by atoms with E-state index in [1.807, 2.05) is 4.90 Å². The third kappa shape index (κ3) is 10.5. The van der Waals surface area contributed by atoms with Crippen LogP contribution in [0.3, 0.4) is 0 Å². The molecule has 0 unspecified atom stereocenters. The first-order valence-corrected chi connectivity index (χ1v) is 18.2. The highest BCUT2D eigenvalue weighted by Crippen LogP contribution is 2.42. The Morgan fingerprint density at radius 3 is 2.41 bits per heavy atom. The molecule has 1 aromatic carbocycles. The van der Waals surface area contributed by atoms with E-state index in [-0.39, 0.29) is 43.6 Å². The molecule has 0 aliphatic carbocycles. The van der Waals surface area contributed by atoms with E-state index >= 15 is 4.39 Å². The fraction of sp³-hybridized carbons (Fsp3) is 0.543. The van der Waals surface area contributed by atoms with Crippen LogP contribution in [0.5, 0.6) is 6.01 Å². The number of anilines is 1. The molecule has 3 fully saturated rings. The lowest BCUT2D eigenvalue weighted by atomic mass is 9.95. The van der Waals surface area contributed by atoms with Gasteiger partial charge in [0.2, 0.25) is 0 Å². The van der Waals surface area contributed by atoms with Gasteiger partial charge in [-0.05, 0) is 50.8 Å². The van der Waals surface area contributed by atoms with Crippen molar-refractivity contribution in [2.45, 2.75) is 68.7 Å². The van der Waals surface area contributed by atoms with Crippen molar-refractivity contribution in [3.8, 4) is 17.3 Å². The molecule has 3 atom stereocenters. The van der Waals surface area contributed by atoms with E-state index in [2.05, 4.69) is 25.1 Å². The van der Waals surface area contributed by atoms with Crippen LogP contribution < -0.4 is 9.64 Å². The van der Waals surface area contributed by atoms with Crippen molar-refractivity contribution in [2.24, 2.45) is 0 Å². The number of fused-ring (bicyclic) bond motifs is 3. The van der Waals surface area contributed by atoms with E-state index < -0.39 is 47.4 Å². The van der Waals surface area contributed by atoms with Crippen LogP contribution in [0, 0.1) is 5.82 Å². The minimum Gasteiger partial charge on any atom is -0.475 e. The summed E-state index contributed by atoms with van der Waals surface area (Å²) in [7, 11) is 0. The molecule has 0 amide bonds. The summed E-state index contributed by atoms with van der Waals surface area (Å²) >= 11 is 6.67. The van der Waals surface area contributed by atoms with Crippen LogP contribution >= 0.6 is 11.6 Å². The molecule has 7 rings (SSSR count). The number of aromatic nitrogens is 5. The average molecular weight is 872 g/mol. The molecule has 3 saturated heterocycles. The molecular weight excluding hydrogens is 834 g/mol. The molecule has 3 aliphatic rings. The lowest BCUT2D eigenvalue weighted by Gasteiger charge is -2.31. The van der Waals surface area contributed by atoms with Gasteiger partial charge in [-0.2, -0.15) is 41.4 Å². The minimum atomic E-state index is -5.08. The Kier molecular flexibility index (Phi) is 13.7. The highest BCUT2D eigenvalue weighted by atomic mass is 35.5. The Labute approximate surface area is 333 Å². The van der Waals surface area contributed by atoms with Crippen molar-refractivity contribution in [3.63, 3.8) is 0 Å². The summed E-state index contributed by atoms with van der Waals surface area (Å²) in [4.78, 5) is 35.6. The maximum Gasteiger partial charge on any atom is 0.490 e. The average Bonchev–Trinajstić information content (AvgIpc) is 3.81. The van der Waals surface area contributed by atoms with Gasteiger partial charge in [-0.3, -0.25) is 15.0 Å². The smallest absolute Gasteiger partial charge is 0.475 e. The Hall–Kier alpha value is -4.71. The first kappa shape index (κ1) is 45.4. The summed E-state index contributed by atoms with van der Waals surface area (Å²) in [6.07, 6.45) is -5.03. The van der Waals surface area contributed by atoms with Gasteiger partial charge in [0, 0.05) is 48.3 Å². The highest BCUT2D eigenvalue weighted by molar-refractivity contribution is 6.33. The van der Waals surface area contributed by atoms with Gasteiger partial charge in [0.15, 0.2) is 5.82 Å². The Balaban J connectivity index is 0.000000407. The number of benzene rings is 1. The zero-order valence-electron chi connectivity index (χ0n) is 31.0. The number of alkyl halides is 7. The number of H-pyrrole nitrogens is 1. The van der Waals surface area contributed by atoms with Crippen molar-refractivity contribution in [2.75, 3.05) is 57.5 Å². The van der Waals surface area contributed by atoms with Crippen molar-refractivity contribution in [3.05, 3.63) is 34.9 Å². The van der Waals surface area contributed by atoms with Crippen LogP contribution in [0.2, 0.25) is 5.02 Å². The second-order valence-electron chi connectivity index (χ2n) is 14.3. The fourth-order valence-electron chi connectivity index (χ4n) is 7.20. The zero-order valence-corrected chi connectivity index (χ0v) is 31.8. The van der Waals surface area contributed by atoms with E-state index in [4.69, 9.17) is 45.9 Å². The number of rotatable bonds is 8. The fourth-order valence-corrected chi connectivity index (χ4v) is 7.50. The van der Waals surface area contributed by atoms with Crippen LogP contribution in [0.4, 0.5) is 40.9 Å². The van der Waals surface area contributed by atoms with Crippen LogP contribution in [-0.4, -0.2) is 145 Å². The van der Waals surface area contributed by atoms with E-state index in [9.17, 15) is 40.9 Å². The number of β-amino-alcohol motifs (C(OH)–C–C–N with tert-alkyl or cyclic N) is 1. The van der Waals surface area contributed by atoms with Crippen LogP contribution in [0.25, 0.3) is 33.1 Å². The van der Waals surface area contributed by atoms with Crippen LogP contribution in [-0.2, 0) is 20.7 Å². The molecular formula is C35H38ClF8N7O8. The molecule has 15 nitrogen and oxygen atoms in total. The molecule has 3 aliphatic heterocycles.